The highest BCUT2D eigenvalue weighted by Gasteiger charge is 2.39. The number of nitrogens with one attached hydrogen (secondary N) is 4. The van der Waals surface area contributed by atoms with E-state index < -0.39 is 0 Å². The van der Waals surface area contributed by atoms with Gasteiger partial charge in [-0.25, -0.2) is 5.10 Å². The van der Waals surface area contributed by atoms with Crippen molar-refractivity contribution in [1.29, 1.82) is 0 Å². The van der Waals surface area contributed by atoms with E-state index >= 15 is 0 Å². The lowest BCUT2D eigenvalue weighted by Gasteiger charge is -2.24. The van der Waals surface area contributed by atoms with Gasteiger partial charge in [-0.3, -0.25) is 10.9 Å². The van der Waals surface area contributed by atoms with E-state index in [1.807, 2.05) is 0 Å². The number of fused-ring (bicyclic) bond motifs is 2. The number of hydrogen-bond acceptors (Lipinski definition) is 5. The lowest BCUT2D eigenvalue weighted by Crippen LogP contribution is -2.46. The topological polar surface area (TPSA) is 104 Å². The summed E-state index contributed by atoms with van der Waals surface area (Å²) in [5.74, 6) is 2.33. The second kappa shape index (κ2) is 4.60. The lowest BCUT2D eigenvalue weighted by atomic mass is 9.96. The van der Waals surface area contributed by atoms with Gasteiger partial charge in [-0.1, -0.05) is 6.42 Å². The van der Waals surface area contributed by atoms with Crippen molar-refractivity contribution in [2.75, 3.05) is 11.2 Å². The Hall–Kier alpha value is -1.57. The molecule has 2 bridgehead atoms. The Morgan fingerprint density at radius 1 is 1.39 bits per heavy atom. The number of nitrogen functional groups attached to an aromatic ring is 1. The Balaban J connectivity index is 1.45. The summed E-state index contributed by atoms with van der Waals surface area (Å²) in [5.41, 5.74) is 11.1. The average molecular weight is 267 g/mol. The first-order valence-corrected chi connectivity index (χ1v) is 6.62. The molecule has 0 spiro atoms. The molecule has 1 aromatic rings. The summed E-state index contributed by atoms with van der Waals surface area (Å²) >= 11 is 5.23. The minimum Gasteiger partial charge on any atom is -0.368 e. The molecule has 0 radical (unpaired) electrons. The van der Waals surface area contributed by atoms with Gasteiger partial charge >= 0.3 is 0 Å². The van der Waals surface area contributed by atoms with Gasteiger partial charge in [-0.2, -0.15) is 4.98 Å². The van der Waals surface area contributed by atoms with Crippen molar-refractivity contribution in [3.8, 4) is 0 Å². The van der Waals surface area contributed by atoms with E-state index in [2.05, 4.69) is 31.3 Å². The van der Waals surface area contributed by atoms with Crippen LogP contribution in [-0.4, -0.2) is 26.3 Å². The number of thiocarbonyl (C=S) groups is 1. The van der Waals surface area contributed by atoms with Crippen LogP contribution in [0.2, 0.25) is 0 Å². The minimum absolute atomic E-state index is 0.270. The smallest absolute Gasteiger partial charge is 0.262 e. The van der Waals surface area contributed by atoms with Crippen LogP contribution in [0, 0.1) is 11.8 Å². The van der Waals surface area contributed by atoms with Crippen LogP contribution in [0.25, 0.3) is 0 Å². The fourth-order valence-electron chi connectivity index (χ4n) is 3.07. The first-order chi connectivity index (χ1) is 8.70. The van der Waals surface area contributed by atoms with Crippen LogP contribution in [0.15, 0.2) is 0 Å². The fraction of sp³-hybridized carbons (Fsp3) is 0.700. The van der Waals surface area contributed by atoms with Gasteiger partial charge in [0.05, 0.1) is 0 Å². The maximum absolute atomic E-state index is 5.41. The quantitative estimate of drug-likeness (QED) is 0.398. The number of H-pyrrole nitrogens is 1. The molecule has 2 saturated carbocycles. The van der Waals surface area contributed by atoms with Crippen molar-refractivity contribution in [2.45, 2.75) is 31.7 Å². The average Bonchev–Trinajstić information content (AvgIpc) is 3.03. The molecule has 18 heavy (non-hydrogen) atoms. The lowest BCUT2D eigenvalue weighted by molar-refractivity contribution is 0.390. The highest BCUT2D eigenvalue weighted by Crippen LogP contribution is 2.44. The van der Waals surface area contributed by atoms with Gasteiger partial charge in [0.1, 0.15) is 0 Å². The first kappa shape index (κ1) is 11.5. The second-order valence-corrected chi connectivity index (χ2v) is 5.46. The summed E-state index contributed by atoms with van der Waals surface area (Å²) in [5, 5.41) is 10.3. The van der Waals surface area contributed by atoms with Crippen LogP contribution >= 0.6 is 12.2 Å². The number of nitrogens with zero attached hydrogens (tertiary/aromatic N) is 2. The molecule has 0 aromatic carbocycles. The molecule has 1 aromatic heterocycles. The van der Waals surface area contributed by atoms with Gasteiger partial charge in [0, 0.05) is 6.04 Å². The van der Waals surface area contributed by atoms with Gasteiger partial charge in [-0.05, 0) is 43.3 Å². The maximum atomic E-state index is 5.41. The number of rotatable bonds is 3. The number of hydrazine groups is 1. The number of aromatic nitrogens is 3. The van der Waals surface area contributed by atoms with Gasteiger partial charge in [0.25, 0.3) is 5.95 Å². The van der Waals surface area contributed by atoms with Crippen LogP contribution in [0.5, 0.6) is 0 Å². The molecule has 6 N–H and O–H groups in total. The first-order valence-electron chi connectivity index (χ1n) is 6.21. The molecule has 3 atom stereocenters. The molecule has 0 aliphatic heterocycles. The highest BCUT2D eigenvalue weighted by atomic mass is 32.1. The zero-order valence-corrected chi connectivity index (χ0v) is 10.8. The van der Waals surface area contributed by atoms with E-state index in [1.54, 1.807) is 0 Å². The fourth-order valence-corrected chi connectivity index (χ4v) is 3.27. The second-order valence-electron chi connectivity index (χ2n) is 5.05. The minimum atomic E-state index is 0.270. The monoisotopic (exact) mass is 267 g/mol. The zero-order valence-electron chi connectivity index (χ0n) is 9.94. The van der Waals surface area contributed by atoms with Gasteiger partial charge < -0.3 is 11.1 Å². The summed E-state index contributed by atoms with van der Waals surface area (Å²) < 4.78 is 0. The highest BCUT2D eigenvalue weighted by molar-refractivity contribution is 7.80. The Morgan fingerprint density at radius 3 is 2.89 bits per heavy atom. The molecule has 98 valence electrons. The van der Waals surface area contributed by atoms with E-state index in [1.165, 1.54) is 25.7 Å². The van der Waals surface area contributed by atoms with E-state index in [0.29, 0.717) is 17.1 Å². The SMILES string of the molecule is Nc1nc(NNC(=S)N[C@H]2C[C@@H]3CC[C@H]2C3)n[nH]1. The van der Waals surface area contributed by atoms with Crippen molar-refractivity contribution in [3.05, 3.63) is 0 Å². The Labute approximate surface area is 110 Å². The van der Waals surface area contributed by atoms with Crippen LogP contribution in [-0.2, 0) is 0 Å². The van der Waals surface area contributed by atoms with Crippen molar-refractivity contribution in [1.82, 2.24) is 25.9 Å². The molecule has 2 aliphatic carbocycles. The van der Waals surface area contributed by atoms with E-state index in [9.17, 15) is 0 Å². The molecule has 3 rings (SSSR count). The number of anilines is 2. The largest absolute Gasteiger partial charge is 0.368 e. The van der Waals surface area contributed by atoms with E-state index in [0.717, 1.165) is 11.8 Å². The van der Waals surface area contributed by atoms with E-state index in [4.69, 9.17) is 18.0 Å². The standard InChI is InChI=1S/C10H17N7S/c11-8-13-9(15-14-8)16-17-10(18)12-7-4-5-1-2-6(7)3-5/h5-7H,1-4H2,(H2,12,17,18)(H4,11,13,14,15,16)/t5-,6+,7+/m1/s1. The molecule has 0 saturated heterocycles. The number of hydrogen-bond donors (Lipinski definition) is 5. The molecule has 7 nitrogen and oxygen atoms in total. The molecule has 0 unspecified atom stereocenters. The summed E-state index contributed by atoms with van der Waals surface area (Å²) in [7, 11) is 0. The van der Waals surface area contributed by atoms with Crippen molar-refractivity contribution in [2.24, 2.45) is 11.8 Å². The van der Waals surface area contributed by atoms with Gasteiger partial charge in [0.2, 0.25) is 5.95 Å². The third kappa shape index (κ3) is 2.33. The number of aromatic amines is 1. The van der Waals surface area contributed by atoms with Crippen LogP contribution in [0.3, 0.4) is 0 Å². The normalized spacial score (nSPS) is 29.2. The van der Waals surface area contributed by atoms with Crippen molar-refractivity contribution >= 4 is 29.2 Å². The van der Waals surface area contributed by atoms with Crippen LogP contribution < -0.4 is 21.9 Å². The molecule has 2 aliphatic rings. The van der Waals surface area contributed by atoms with Crippen LogP contribution in [0.4, 0.5) is 11.9 Å². The third-order valence-electron chi connectivity index (χ3n) is 3.85. The van der Waals surface area contributed by atoms with Crippen molar-refractivity contribution < 1.29 is 0 Å². The summed E-state index contributed by atoms with van der Waals surface area (Å²) in [4.78, 5) is 3.90. The third-order valence-corrected chi connectivity index (χ3v) is 4.07. The molecule has 1 heterocycles. The molecule has 0 amide bonds. The molecule has 8 heteroatoms. The van der Waals surface area contributed by atoms with Gasteiger partial charge in [0.15, 0.2) is 5.11 Å². The van der Waals surface area contributed by atoms with Crippen molar-refractivity contribution in [3.63, 3.8) is 0 Å². The molecular weight excluding hydrogens is 250 g/mol. The molecular formula is C10H17N7S. The van der Waals surface area contributed by atoms with Crippen LogP contribution in [0.1, 0.15) is 25.7 Å². The van der Waals surface area contributed by atoms with Gasteiger partial charge in [-0.15, -0.1) is 5.10 Å². The molecule has 2 fully saturated rings. The van der Waals surface area contributed by atoms with E-state index in [-0.39, 0.29) is 5.95 Å². The Bertz CT molecular complexity index is 445. The zero-order chi connectivity index (χ0) is 12.5. The Morgan fingerprint density at radius 2 is 2.28 bits per heavy atom. The predicted molar refractivity (Wildman–Crippen MR) is 72.5 cm³/mol. The summed E-state index contributed by atoms with van der Waals surface area (Å²) in [6.07, 6.45) is 5.30. The summed E-state index contributed by atoms with van der Waals surface area (Å²) in [6.45, 7) is 0. The maximum Gasteiger partial charge on any atom is 0.262 e. The Kier molecular flexibility index (Phi) is 2.94. The summed E-state index contributed by atoms with van der Waals surface area (Å²) in [6, 6.07) is 0.516. The number of nitrogens with two attached hydrogens (primary N) is 1. The predicted octanol–water partition coefficient (Wildman–Crippen LogP) is 0.366.